The van der Waals surface area contributed by atoms with Crippen molar-refractivity contribution >= 4 is 35.0 Å². The van der Waals surface area contributed by atoms with Gasteiger partial charge in [-0.3, -0.25) is 19.2 Å². The van der Waals surface area contributed by atoms with E-state index < -0.39 is 42.0 Å². The topological polar surface area (TPSA) is 181 Å². The molecule has 0 bridgehead atoms. The van der Waals surface area contributed by atoms with Gasteiger partial charge in [-0.05, 0) is 68.5 Å². The molecule has 234 valence electrons. The lowest BCUT2D eigenvalue weighted by atomic mass is 10.0. The molecule has 3 rings (SSSR count). The molecular weight excluding hydrogens is 552 g/mol. The van der Waals surface area contributed by atoms with Crippen LogP contribution in [-0.4, -0.2) is 70.7 Å². The summed E-state index contributed by atoms with van der Waals surface area (Å²) in [6.07, 6.45) is -0.555. The van der Waals surface area contributed by atoms with E-state index in [9.17, 15) is 29.4 Å². The Hall–Kier alpha value is -4.16. The first kappa shape index (κ1) is 33.3. The van der Waals surface area contributed by atoms with Crippen LogP contribution in [0.1, 0.15) is 57.6 Å². The Morgan fingerprint density at radius 2 is 1.58 bits per heavy atom. The maximum absolute atomic E-state index is 13.1. The number of aryl methyl sites for hydroxylation is 1. The number of hydrogen-bond acceptors (Lipinski definition) is 8. The predicted molar refractivity (Wildman–Crippen MR) is 164 cm³/mol. The van der Waals surface area contributed by atoms with E-state index in [2.05, 4.69) is 51.2 Å². The molecule has 2 aromatic carbocycles. The van der Waals surface area contributed by atoms with Crippen molar-refractivity contribution in [2.75, 3.05) is 17.4 Å². The maximum Gasteiger partial charge on any atom is 0.245 e. The highest BCUT2D eigenvalue weighted by Crippen LogP contribution is 2.14. The van der Waals surface area contributed by atoms with Gasteiger partial charge in [-0.25, -0.2) is 0 Å². The Morgan fingerprint density at radius 1 is 0.977 bits per heavy atom. The molecule has 1 heterocycles. The molecule has 1 aliphatic heterocycles. The number of hydrazine groups is 1. The molecule has 43 heavy (non-hydrogen) atoms. The molecule has 2 aromatic rings. The highest BCUT2D eigenvalue weighted by molar-refractivity contribution is 5.93. The van der Waals surface area contributed by atoms with Crippen LogP contribution in [0.15, 0.2) is 48.5 Å². The predicted octanol–water partition coefficient (Wildman–Crippen LogP) is 1.14. The lowest BCUT2D eigenvalue weighted by Gasteiger charge is -2.27. The van der Waals surface area contributed by atoms with E-state index in [4.69, 9.17) is 0 Å². The molecule has 1 saturated heterocycles. The standard InChI is InChI=1S/C31H44N6O6/c1-4-21-6-10-23(11-7-21)36-37-24-12-8-22(9-13-24)17-28(41)35-29(20(3)38)31(43)34-26-18-25(39)15-16-32-27(40)14-5-19(2)33-30(26)42/h6-13,19-20,25-26,29,36-39H,4-5,14-18H2,1-3H3,(H,32,40)(H,33,42)(H,34,43)(H,35,41)/t19-,20+,25-,26-,29-/m0/s1. The number of carbonyl (C=O) groups excluding carboxylic acids is 4. The molecule has 0 saturated carbocycles. The van der Waals surface area contributed by atoms with Crippen molar-refractivity contribution in [2.45, 2.75) is 89.6 Å². The minimum Gasteiger partial charge on any atom is -0.393 e. The van der Waals surface area contributed by atoms with Gasteiger partial charge in [0.05, 0.1) is 30.0 Å². The lowest BCUT2D eigenvalue weighted by Crippen LogP contribution is -2.58. The average molecular weight is 597 g/mol. The summed E-state index contributed by atoms with van der Waals surface area (Å²) in [6.45, 7) is 5.45. The SMILES string of the molecule is CCc1ccc(NNc2ccc(CC(=O)N[C@H](C(=O)N[C@H]3C[C@@H](O)CCNC(=O)CC[C@H](C)NC3=O)[C@@H](C)O)cc2)cc1. The van der Waals surface area contributed by atoms with Gasteiger partial charge in [0, 0.05) is 25.4 Å². The van der Waals surface area contributed by atoms with Crippen molar-refractivity contribution in [1.29, 1.82) is 0 Å². The Bertz CT molecular complexity index is 1220. The van der Waals surface area contributed by atoms with E-state index in [-0.39, 0.29) is 44.2 Å². The van der Waals surface area contributed by atoms with Gasteiger partial charge in [0.25, 0.3) is 0 Å². The van der Waals surface area contributed by atoms with E-state index >= 15 is 0 Å². The van der Waals surface area contributed by atoms with E-state index in [1.165, 1.54) is 12.5 Å². The van der Waals surface area contributed by atoms with E-state index in [0.29, 0.717) is 12.0 Å². The normalized spacial score (nSPS) is 21.1. The molecule has 12 heteroatoms. The second-order valence-electron chi connectivity index (χ2n) is 11.0. The van der Waals surface area contributed by atoms with Crippen LogP contribution >= 0.6 is 0 Å². The summed E-state index contributed by atoms with van der Waals surface area (Å²) < 4.78 is 0. The van der Waals surface area contributed by atoms with Crippen LogP contribution in [0.3, 0.4) is 0 Å². The van der Waals surface area contributed by atoms with Crippen LogP contribution in [0.25, 0.3) is 0 Å². The second-order valence-corrected chi connectivity index (χ2v) is 11.0. The molecule has 0 spiro atoms. The minimum absolute atomic E-state index is 0.0332. The Balaban J connectivity index is 1.56. The Kier molecular flexibility index (Phi) is 12.8. The molecular formula is C31H44N6O6. The highest BCUT2D eigenvalue weighted by Gasteiger charge is 2.31. The van der Waals surface area contributed by atoms with Gasteiger partial charge in [-0.15, -0.1) is 0 Å². The summed E-state index contributed by atoms with van der Waals surface area (Å²) in [6, 6.07) is 12.5. The number of hydrogen-bond donors (Lipinski definition) is 8. The zero-order chi connectivity index (χ0) is 31.4. The number of aliphatic hydroxyl groups is 2. The van der Waals surface area contributed by atoms with E-state index in [1.807, 2.05) is 24.3 Å². The third-order valence-electron chi connectivity index (χ3n) is 7.25. The van der Waals surface area contributed by atoms with Crippen molar-refractivity contribution < 1.29 is 29.4 Å². The largest absolute Gasteiger partial charge is 0.393 e. The van der Waals surface area contributed by atoms with E-state index in [0.717, 1.165) is 17.8 Å². The van der Waals surface area contributed by atoms with Gasteiger partial charge in [0.15, 0.2) is 0 Å². The third kappa shape index (κ3) is 11.2. The van der Waals surface area contributed by atoms with Crippen molar-refractivity contribution in [1.82, 2.24) is 21.3 Å². The molecule has 0 aromatic heterocycles. The van der Waals surface area contributed by atoms with Crippen LogP contribution < -0.4 is 32.1 Å². The molecule has 0 unspecified atom stereocenters. The highest BCUT2D eigenvalue weighted by atomic mass is 16.3. The van der Waals surface area contributed by atoms with Crippen LogP contribution in [0, 0.1) is 0 Å². The molecule has 5 atom stereocenters. The summed E-state index contributed by atoms with van der Waals surface area (Å²) in [4.78, 5) is 50.8. The number of rotatable bonds is 10. The maximum atomic E-state index is 13.1. The van der Waals surface area contributed by atoms with Gasteiger partial charge in [-0.2, -0.15) is 0 Å². The molecule has 0 aliphatic carbocycles. The van der Waals surface area contributed by atoms with Gasteiger partial charge in [0.1, 0.15) is 12.1 Å². The Morgan fingerprint density at radius 3 is 2.16 bits per heavy atom. The molecule has 8 N–H and O–H groups in total. The first-order valence-corrected chi connectivity index (χ1v) is 14.8. The number of anilines is 2. The second kappa shape index (κ2) is 16.5. The molecule has 12 nitrogen and oxygen atoms in total. The zero-order valence-corrected chi connectivity index (χ0v) is 25.0. The van der Waals surface area contributed by atoms with Crippen LogP contribution in [0.4, 0.5) is 11.4 Å². The van der Waals surface area contributed by atoms with Crippen molar-refractivity contribution in [2.24, 2.45) is 0 Å². The lowest BCUT2D eigenvalue weighted by molar-refractivity contribution is -0.134. The smallest absolute Gasteiger partial charge is 0.245 e. The van der Waals surface area contributed by atoms with Gasteiger partial charge >= 0.3 is 0 Å². The van der Waals surface area contributed by atoms with Crippen molar-refractivity contribution in [3.63, 3.8) is 0 Å². The third-order valence-corrected chi connectivity index (χ3v) is 7.25. The summed E-state index contributed by atoms with van der Waals surface area (Å²) >= 11 is 0. The summed E-state index contributed by atoms with van der Waals surface area (Å²) in [5, 5.41) is 31.4. The van der Waals surface area contributed by atoms with Crippen molar-refractivity contribution in [3.8, 4) is 0 Å². The molecule has 1 aliphatic rings. The summed E-state index contributed by atoms with van der Waals surface area (Å²) in [5.74, 6) is -1.91. The van der Waals surface area contributed by atoms with Crippen LogP contribution in [-0.2, 0) is 32.0 Å². The molecule has 1 fully saturated rings. The number of nitrogens with one attached hydrogen (secondary N) is 6. The van der Waals surface area contributed by atoms with Gasteiger partial charge < -0.3 is 42.3 Å². The average Bonchev–Trinajstić information content (AvgIpc) is 2.97. The number of carbonyl (C=O) groups is 4. The fourth-order valence-corrected chi connectivity index (χ4v) is 4.60. The number of benzene rings is 2. The summed E-state index contributed by atoms with van der Waals surface area (Å²) in [7, 11) is 0. The quantitative estimate of drug-likeness (QED) is 0.188. The number of aliphatic hydroxyl groups excluding tert-OH is 2. The molecule has 4 amide bonds. The first-order chi connectivity index (χ1) is 20.5. The van der Waals surface area contributed by atoms with Crippen LogP contribution in [0.2, 0.25) is 0 Å². The molecule has 0 radical (unpaired) electrons. The monoisotopic (exact) mass is 596 g/mol. The van der Waals surface area contributed by atoms with E-state index in [1.54, 1.807) is 19.1 Å². The Labute approximate surface area is 252 Å². The van der Waals surface area contributed by atoms with Crippen LogP contribution in [0.5, 0.6) is 0 Å². The zero-order valence-electron chi connectivity index (χ0n) is 25.0. The minimum atomic E-state index is -1.32. The fourth-order valence-electron chi connectivity index (χ4n) is 4.60. The van der Waals surface area contributed by atoms with Crippen molar-refractivity contribution in [3.05, 3.63) is 59.7 Å². The fraction of sp³-hybridized carbons (Fsp3) is 0.484. The van der Waals surface area contributed by atoms with Gasteiger partial charge in [0.2, 0.25) is 23.6 Å². The first-order valence-electron chi connectivity index (χ1n) is 14.8. The number of amides is 4. The van der Waals surface area contributed by atoms with Gasteiger partial charge in [-0.1, -0.05) is 31.2 Å². The summed E-state index contributed by atoms with van der Waals surface area (Å²) in [5.41, 5.74) is 9.88.